The second-order valence-corrected chi connectivity index (χ2v) is 4.42. The third kappa shape index (κ3) is 3.03. The van der Waals surface area contributed by atoms with E-state index in [9.17, 15) is 4.79 Å². The van der Waals surface area contributed by atoms with E-state index in [1.54, 1.807) is 19.2 Å². The van der Waals surface area contributed by atoms with Gasteiger partial charge >= 0.3 is 0 Å². The quantitative estimate of drug-likeness (QED) is 0.936. The maximum absolute atomic E-state index is 12.1. The Morgan fingerprint density at radius 2 is 2.16 bits per heavy atom. The van der Waals surface area contributed by atoms with Crippen LogP contribution >= 0.6 is 11.6 Å². The number of hydrogen-bond acceptors (Lipinski definition) is 3. The molecule has 1 heterocycles. The lowest BCUT2D eigenvalue weighted by Crippen LogP contribution is -2.13. The molecule has 1 N–H and O–H groups in total. The molecule has 0 spiro atoms. The molecule has 0 saturated carbocycles. The molecule has 0 fully saturated rings. The number of aryl methyl sites for hydroxylation is 1. The Morgan fingerprint density at radius 1 is 1.37 bits per heavy atom. The second kappa shape index (κ2) is 5.71. The maximum Gasteiger partial charge on any atom is 0.257 e. The van der Waals surface area contributed by atoms with E-state index in [2.05, 4.69) is 10.3 Å². The number of ether oxygens (including phenoxy) is 1. The number of hydrogen-bond donors (Lipinski definition) is 1. The number of carbonyl (C=O) groups is 1. The fraction of sp³-hybridized carbons (Fsp3) is 0.143. The monoisotopic (exact) mass is 276 g/mol. The summed E-state index contributed by atoms with van der Waals surface area (Å²) in [6.07, 6.45) is 2.95. The van der Waals surface area contributed by atoms with Crippen LogP contribution in [-0.4, -0.2) is 18.0 Å². The van der Waals surface area contributed by atoms with Crippen molar-refractivity contribution < 1.29 is 9.53 Å². The topological polar surface area (TPSA) is 51.2 Å². The van der Waals surface area contributed by atoms with Gasteiger partial charge in [0, 0.05) is 12.4 Å². The summed E-state index contributed by atoms with van der Waals surface area (Å²) < 4.78 is 5.23. The van der Waals surface area contributed by atoms with Crippen LogP contribution in [0.2, 0.25) is 5.02 Å². The Bertz CT molecular complexity index is 614. The second-order valence-electron chi connectivity index (χ2n) is 4.01. The van der Waals surface area contributed by atoms with Crippen LogP contribution in [-0.2, 0) is 0 Å². The molecule has 98 valence electrons. The van der Waals surface area contributed by atoms with Gasteiger partial charge in [0.05, 0.1) is 23.4 Å². The van der Waals surface area contributed by atoms with E-state index >= 15 is 0 Å². The van der Waals surface area contributed by atoms with Gasteiger partial charge in [0.2, 0.25) is 0 Å². The lowest BCUT2D eigenvalue weighted by atomic mass is 10.2. The number of aromatic nitrogens is 1. The minimum absolute atomic E-state index is 0.297. The van der Waals surface area contributed by atoms with Crippen LogP contribution in [0.15, 0.2) is 36.7 Å². The zero-order valence-electron chi connectivity index (χ0n) is 10.6. The number of pyridine rings is 1. The van der Waals surface area contributed by atoms with Crippen molar-refractivity contribution in [1.29, 1.82) is 0 Å². The summed E-state index contributed by atoms with van der Waals surface area (Å²) in [7, 11) is 1.56. The lowest BCUT2D eigenvalue weighted by molar-refractivity contribution is 0.102. The Balaban J connectivity index is 2.27. The molecule has 0 aliphatic heterocycles. The minimum Gasteiger partial charge on any atom is -0.495 e. The summed E-state index contributed by atoms with van der Waals surface area (Å²) in [5.74, 6) is 0.313. The fourth-order valence-corrected chi connectivity index (χ4v) is 1.86. The van der Waals surface area contributed by atoms with Crippen LogP contribution in [0.5, 0.6) is 5.75 Å². The highest BCUT2D eigenvalue weighted by molar-refractivity contribution is 6.34. The van der Waals surface area contributed by atoms with Crippen LogP contribution in [0.1, 0.15) is 15.9 Å². The van der Waals surface area contributed by atoms with Gasteiger partial charge in [-0.2, -0.15) is 0 Å². The number of amides is 1. The number of carbonyl (C=O) groups excluding carboxylic acids is 1. The molecular formula is C14H13ClN2O2. The summed E-state index contributed by atoms with van der Waals surface area (Å²) in [6, 6.07) is 7.11. The van der Waals surface area contributed by atoms with E-state index in [1.807, 2.05) is 19.1 Å². The van der Waals surface area contributed by atoms with Crippen molar-refractivity contribution in [1.82, 2.24) is 4.98 Å². The molecule has 1 amide bonds. The molecule has 5 heteroatoms. The molecular weight excluding hydrogens is 264 g/mol. The van der Waals surface area contributed by atoms with Gasteiger partial charge < -0.3 is 10.1 Å². The molecule has 0 aliphatic rings. The molecule has 1 aromatic heterocycles. The molecule has 0 unspecified atom stereocenters. The van der Waals surface area contributed by atoms with Gasteiger partial charge in [-0.25, -0.2) is 0 Å². The van der Waals surface area contributed by atoms with Crippen LogP contribution in [0.3, 0.4) is 0 Å². The van der Waals surface area contributed by atoms with Gasteiger partial charge in [0.25, 0.3) is 5.91 Å². The van der Waals surface area contributed by atoms with Crippen molar-refractivity contribution in [3.8, 4) is 5.75 Å². The lowest BCUT2D eigenvalue weighted by Gasteiger charge is -2.11. The van der Waals surface area contributed by atoms with Crippen LogP contribution in [0.4, 0.5) is 5.69 Å². The molecule has 2 rings (SSSR count). The van der Waals surface area contributed by atoms with Gasteiger partial charge in [-0.05, 0) is 30.7 Å². The van der Waals surface area contributed by atoms with E-state index in [0.717, 1.165) is 5.56 Å². The number of nitrogens with zero attached hydrogens (tertiary/aromatic N) is 1. The summed E-state index contributed by atoms with van der Waals surface area (Å²) >= 11 is 5.93. The number of anilines is 1. The Hall–Kier alpha value is -2.07. The molecule has 0 atom stereocenters. The molecule has 1 aromatic carbocycles. The van der Waals surface area contributed by atoms with Crippen LogP contribution in [0, 0.1) is 6.92 Å². The first kappa shape index (κ1) is 13.4. The highest BCUT2D eigenvalue weighted by atomic mass is 35.5. The Labute approximate surface area is 116 Å². The SMILES string of the molecule is COc1cc(C)ccc1NC(=O)c1ccncc1Cl. The standard InChI is InChI=1S/C14H13ClN2O2/c1-9-3-4-12(13(7-9)19-2)17-14(18)10-5-6-16-8-11(10)15/h3-8H,1-2H3,(H,17,18). The first-order chi connectivity index (χ1) is 9.11. The number of benzene rings is 1. The molecule has 19 heavy (non-hydrogen) atoms. The zero-order valence-corrected chi connectivity index (χ0v) is 11.4. The van der Waals surface area contributed by atoms with Crippen molar-refractivity contribution >= 4 is 23.2 Å². The summed E-state index contributed by atoms with van der Waals surface area (Å²) in [6.45, 7) is 1.95. The van der Waals surface area contributed by atoms with E-state index < -0.39 is 0 Å². The first-order valence-electron chi connectivity index (χ1n) is 5.67. The minimum atomic E-state index is -0.297. The summed E-state index contributed by atoms with van der Waals surface area (Å²) in [5.41, 5.74) is 2.03. The van der Waals surface area contributed by atoms with Crippen LogP contribution < -0.4 is 10.1 Å². The maximum atomic E-state index is 12.1. The average molecular weight is 277 g/mol. The number of halogens is 1. The van der Waals surface area contributed by atoms with Crippen LogP contribution in [0.25, 0.3) is 0 Å². The van der Waals surface area contributed by atoms with Gasteiger partial charge in [0.1, 0.15) is 5.75 Å². The smallest absolute Gasteiger partial charge is 0.257 e. The van der Waals surface area contributed by atoms with E-state index in [-0.39, 0.29) is 5.91 Å². The largest absolute Gasteiger partial charge is 0.495 e. The molecule has 4 nitrogen and oxygen atoms in total. The molecule has 2 aromatic rings. The Morgan fingerprint density at radius 3 is 2.84 bits per heavy atom. The van der Waals surface area contributed by atoms with Crippen molar-refractivity contribution in [2.45, 2.75) is 6.92 Å². The van der Waals surface area contributed by atoms with E-state index in [1.165, 1.54) is 12.4 Å². The number of methoxy groups -OCH3 is 1. The normalized spacial score (nSPS) is 10.1. The fourth-order valence-electron chi connectivity index (χ4n) is 1.65. The highest BCUT2D eigenvalue weighted by Gasteiger charge is 2.12. The van der Waals surface area contributed by atoms with Crippen molar-refractivity contribution in [2.75, 3.05) is 12.4 Å². The summed E-state index contributed by atoms with van der Waals surface area (Å²) in [4.78, 5) is 16.0. The van der Waals surface area contributed by atoms with Crippen molar-refractivity contribution in [3.63, 3.8) is 0 Å². The third-order valence-electron chi connectivity index (χ3n) is 2.62. The number of rotatable bonds is 3. The summed E-state index contributed by atoms with van der Waals surface area (Å²) in [5, 5.41) is 3.08. The predicted octanol–water partition coefficient (Wildman–Crippen LogP) is 3.30. The first-order valence-corrected chi connectivity index (χ1v) is 6.05. The highest BCUT2D eigenvalue weighted by Crippen LogP contribution is 2.26. The van der Waals surface area contributed by atoms with Crippen molar-refractivity contribution in [2.24, 2.45) is 0 Å². The molecule has 0 saturated heterocycles. The van der Waals surface area contributed by atoms with Gasteiger partial charge in [-0.3, -0.25) is 9.78 Å². The van der Waals surface area contributed by atoms with Gasteiger partial charge in [-0.1, -0.05) is 17.7 Å². The molecule has 0 aliphatic carbocycles. The zero-order chi connectivity index (χ0) is 13.8. The van der Waals surface area contributed by atoms with Gasteiger partial charge in [-0.15, -0.1) is 0 Å². The molecule has 0 radical (unpaired) electrons. The number of nitrogens with one attached hydrogen (secondary N) is 1. The average Bonchev–Trinajstić information content (AvgIpc) is 2.41. The van der Waals surface area contributed by atoms with Gasteiger partial charge in [0.15, 0.2) is 0 Å². The van der Waals surface area contributed by atoms with E-state index in [4.69, 9.17) is 16.3 Å². The van der Waals surface area contributed by atoms with E-state index in [0.29, 0.717) is 22.0 Å². The Kier molecular flexibility index (Phi) is 4.02. The molecule has 0 bridgehead atoms. The third-order valence-corrected chi connectivity index (χ3v) is 2.92. The predicted molar refractivity (Wildman–Crippen MR) is 74.9 cm³/mol. The van der Waals surface area contributed by atoms with Crippen molar-refractivity contribution in [3.05, 3.63) is 52.8 Å².